The van der Waals surface area contributed by atoms with Gasteiger partial charge in [0.15, 0.2) is 5.13 Å². The molecular weight excluding hydrogens is 496 g/mol. The van der Waals surface area contributed by atoms with Crippen LogP contribution in [0.2, 0.25) is 0 Å². The van der Waals surface area contributed by atoms with Gasteiger partial charge < -0.3 is 15.0 Å². The summed E-state index contributed by atoms with van der Waals surface area (Å²) < 4.78 is 6.35. The Kier molecular flexibility index (Phi) is 8.97. The Morgan fingerprint density at radius 3 is 2.11 bits per heavy atom. The minimum Gasteiger partial charge on any atom is -0.444 e. The summed E-state index contributed by atoms with van der Waals surface area (Å²) in [6.45, 7) is 6.53. The van der Waals surface area contributed by atoms with E-state index in [1.807, 2.05) is 81.4 Å². The number of carbonyl (C=O) groups is 2. The summed E-state index contributed by atoms with van der Waals surface area (Å²) in [4.78, 5) is 31.9. The Bertz CT molecular complexity index is 1260. The third-order valence-electron chi connectivity index (χ3n) is 5.94. The van der Waals surface area contributed by atoms with Crippen LogP contribution in [0.15, 0.2) is 84.9 Å². The molecule has 1 aromatic heterocycles. The first-order chi connectivity index (χ1) is 18.3. The van der Waals surface area contributed by atoms with E-state index in [0.29, 0.717) is 24.6 Å². The first kappa shape index (κ1) is 27.1. The molecule has 0 spiro atoms. The molecule has 38 heavy (non-hydrogen) atoms. The largest absolute Gasteiger partial charge is 0.444 e. The van der Waals surface area contributed by atoms with Crippen LogP contribution in [0.4, 0.5) is 14.7 Å². The fourth-order valence-electron chi connectivity index (χ4n) is 4.20. The third kappa shape index (κ3) is 7.79. The van der Waals surface area contributed by atoms with Crippen LogP contribution in [0.1, 0.15) is 44.2 Å². The molecule has 0 saturated carbocycles. The Morgan fingerprint density at radius 2 is 1.50 bits per heavy atom. The molecule has 7 nitrogen and oxygen atoms in total. The third-order valence-corrected chi connectivity index (χ3v) is 6.89. The minimum absolute atomic E-state index is 0.119. The lowest BCUT2D eigenvalue weighted by Gasteiger charge is -2.26. The summed E-state index contributed by atoms with van der Waals surface area (Å²) >= 11 is 1.44. The molecule has 3 aromatic carbocycles. The highest BCUT2D eigenvalue weighted by atomic mass is 32.1. The summed E-state index contributed by atoms with van der Waals surface area (Å²) in [7, 11) is 0. The van der Waals surface area contributed by atoms with Crippen molar-refractivity contribution in [3.05, 3.63) is 96.1 Å². The van der Waals surface area contributed by atoms with E-state index < -0.39 is 11.7 Å². The molecule has 0 fully saturated rings. The fraction of sp³-hybridized carbons (Fsp3) is 0.300. The number of thiazole rings is 1. The van der Waals surface area contributed by atoms with Crippen molar-refractivity contribution in [3.63, 3.8) is 0 Å². The number of para-hydroxylation sites is 1. The summed E-state index contributed by atoms with van der Waals surface area (Å²) in [6.07, 6.45) is 0.212. The summed E-state index contributed by atoms with van der Waals surface area (Å²) in [5.41, 5.74) is 2.64. The monoisotopic (exact) mass is 530 g/mol. The van der Waals surface area contributed by atoms with Gasteiger partial charge in [-0.2, -0.15) is 0 Å². The van der Waals surface area contributed by atoms with E-state index in [4.69, 9.17) is 4.74 Å². The molecule has 4 rings (SSSR count). The number of benzene rings is 3. The number of amides is 3. The number of hydrogen-bond donors (Lipinski definition) is 2. The molecule has 0 aliphatic rings. The number of nitrogens with zero attached hydrogens (tertiary/aromatic N) is 2. The number of anilines is 1. The van der Waals surface area contributed by atoms with Crippen molar-refractivity contribution in [3.8, 4) is 0 Å². The van der Waals surface area contributed by atoms with Crippen LogP contribution in [0.25, 0.3) is 10.2 Å². The van der Waals surface area contributed by atoms with E-state index in [9.17, 15) is 9.59 Å². The van der Waals surface area contributed by atoms with Gasteiger partial charge in [-0.3, -0.25) is 5.32 Å². The highest BCUT2D eigenvalue weighted by Gasteiger charge is 2.21. The number of rotatable bonds is 9. The van der Waals surface area contributed by atoms with Gasteiger partial charge in [0, 0.05) is 25.6 Å². The second-order valence-corrected chi connectivity index (χ2v) is 11.0. The minimum atomic E-state index is -0.591. The number of alkyl carbamates (subject to hydrolysis) is 1. The van der Waals surface area contributed by atoms with Gasteiger partial charge in [0.1, 0.15) is 5.60 Å². The predicted molar refractivity (Wildman–Crippen MR) is 154 cm³/mol. The van der Waals surface area contributed by atoms with Crippen LogP contribution < -0.4 is 10.6 Å². The van der Waals surface area contributed by atoms with Crippen LogP contribution in [0.3, 0.4) is 0 Å². The second-order valence-electron chi connectivity index (χ2n) is 10.00. The molecule has 0 aliphatic heterocycles. The maximum atomic E-state index is 13.4. The smallest absolute Gasteiger partial charge is 0.407 e. The van der Waals surface area contributed by atoms with Crippen LogP contribution >= 0.6 is 11.3 Å². The van der Waals surface area contributed by atoms with E-state index >= 15 is 0 Å². The summed E-state index contributed by atoms with van der Waals surface area (Å²) in [5.74, 6) is 0.119. The quantitative estimate of drug-likeness (QED) is 0.247. The maximum absolute atomic E-state index is 13.4. The van der Waals surface area contributed by atoms with Crippen molar-refractivity contribution in [2.45, 2.75) is 38.7 Å². The van der Waals surface area contributed by atoms with Gasteiger partial charge in [-0.05, 0) is 50.5 Å². The standard InChI is InChI=1S/C30H34N4O3S/c1-30(2,3)37-29(36)31-19-21-34(28(35)33-27-32-25-16-10-11-17-26(25)38-27)20-18-24(22-12-6-4-7-13-22)23-14-8-5-9-15-23/h4-17,24H,18-21H2,1-3H3,(H,31,36)(H,32,33,35). The molecule has 198 valence electrons. The normalized spacial score (nSPS) is 11.4. The van der Waals surface area contributed by atoms with E-state index in [1.54, 1.807) is 4.90 Å². The molecule has 0 aliphatic carbocycles. The molecule has 4 aromatic rings. The van der Waals surface area contributed by atoms with Gasteiger partial charge >= 0.3 is 12.1 Å². The Balaban J connectivity index is 1.48. The number of ether oxygens (including phenoxy) is 1. The lowest BCUT2D eigenvalue weighted by Crippen LogP contribution is -2.42. The van der Waals surface area contributed by atoms with Gasteiger partial charge in [-0.1, -0.05) is 84.1 Å². The van der Waals surface area contributed by atoms with E-state index in [0.717, 1.165) is 10.2 Å². The highest BCUT2D eigenvalue weighted by Crippen LogP contribution is 2.29. The lowest BCUT2D eigenvalue weighted by atomic mass is 9.88. The zero-order valence-corrected chi connectivity index (χ0v) is 22.8. The first-order valence-corrected chi connectivity index (χ1v) is 13.6. The molecule has 0 saturated heterocycles. The number of urea groups is 1. The van der Waals surface area contributed by atoms with Crippen molar-refractivity contribution in [2.75, 3.05) is 25.0 Å². The molecule has 0 bridgehead atoms. The number of aromatic nitrogens is 1. The van der Waals surface area contributed by atoms with Crippen molar-refractivity contribution in [1.29, 1.82) is 0 Å². The van der Waals surface area contributed by atoms with Crippen molar-refractivity contribution >= 4 is 38.8 Å². The zero-order valence-electron chi connectivity index (χ0n) is 22.0. The predicted octanol–water partition coefficient (Wildman–Crippen LogP) is 6.88. The molecular formula is C30H34N4O3S. The lowest BCUT2D eigenvalue weighted by molar-refractivity contribution is 0.0523. The summed E-state index contributed by atoms with van der Waals surface area (Å²) in [5, 5.41) is 6.27. The Labute approximate surface area is 227 Å². The molecule has 2 N–H and O–H groups in total. The van der Waals surface area contributed by atoms with Gasteiger partial charge in [0.05, 0.1) is 10.2 Å². The van der Waals surface area contributed by atoms with Crippen LogP contribution in [0.5, 0.6) is 0 Å². The summed E-state index contributed by atoms with van der Waals surface area (Å²) in [6, 6.07) is 28.2. The maximum Gasteiger partial charge on any atom is 0.407 e. The van der Waals surface area contributed by atoms with Crippen LogP contribution in [-0.2, 0) is 4.74 Å². The van der Waals surface area contributed by atoms with E-state index in [-0.39, 0.29) is 18.5 Å². The number of carbonyl (C=O) groups excluding carboxylic acids is 2. The molecule has 3 amide bonds. The Hall–Kier alpha value is -3.91. The fourth-order valence-corrected chi connectivity index (χ4v) is 5.06. The van der Waals surface area contributed by atoms with E-state index in [1.165, 1.54) is 22.5 Å². The van der Waals surface area contributed by atoms with Crippen LogP contribution in [-0.4, -0.2) is 47.2 Å². The topological polar surface area (TPSA) is 83.6 Å². The van der Waals surface area contributed by atoms with E-state index in [2.05, 4.69) is 39.9 Å². The zero-order chi connectivity index (χ0) is 27.0. The Morgan fingerprint density at radius 1 is 0.895 bits per heavy atom. The molecule has 0 radical (unpaired) electrons. The molecule has 1 heterocycles. The van der Waals surface area contributed by atoms with Gasteiger partial charge in [0.25, 0.3) is 0 Å². The van der Waals surface area contributed by atoms with Crippen molar-refractivity contribution in [2.24, 2.45) is 0 Å². The van der Waals surface area contributed by atoms with Gasteiger partial charge in [-0.25, -0.2) is 14.6 Å². The number of hydrogen-bond acceptors (Lipinski definition) is 5. The SMILES string of the molecule is CC(C)(C)OC(=O)NCCN(CCC(c1ccccc1)c1ccccc1)C(=O)Nc1nc2ccccc2s1. The van der Waals surface area contributed by atoms with Crippen molar-refractivity contribution < 1.29 is 14.3 Å². The molecule has 8 heteroatoms. The molecule has 0 unspecified atom stereocenters. The first-order valence-electron chi connectivity index (χ1n) is 12.8. The highest BCUT2D eigenvalue weighted by molar-refractivity contribution is 7.22. The average Bonchev–Trinajstić information content (AvgIpc) is 3.30. The number of nitrogens with one attached hydrogen (secondary N) is 2. The number of fused-ring (bicyclic) bond motifs is 1. The van der Waals surface area contributed by atoms with Crippen LogP contribution in [0, 0.1) is 0 Å². The van der Waals surface area contributed by atoms with Crippen molar-refractivity contribution in [1.82, 2.24) is 15.2 Å². The second kappa shape index (κ2) is 12.6. The van der Waals surface area contributed by atoms with Gasteiger partial charge in [0.2, 0.25) is 0 Å². The average molecular weight is 531 g/mol. The molecule has 0 atom stereocenters. The van der Waals surface area contributed by atoms with Gasteiger partial charge in [-0.15, -0.1) is 0 Å².